The van der Waals surface area contributed by atoms with E-state index in [4.69, 9.17) is 9.84 Å². The van der Waals surface area contributed by atoms with Crippen LogP contribution < -0.4 is 0 Å². The Bertz CT molecular complexity index is 258. The third-order valence-electron chi connectivity index (χ3n) is 2.16. The summed E-state index contributed by atoms with van der Waals surface area (Å²) in [6, 6.07) is 0. The first-order valence-corrected chi connectivity index (χ1v) is 5.97. The Hall–Kier alpha value is -1.16. The van der Waals surface area contributed by atoms with E-state index >= 15 is 0 Å². The molecule has 0 aliphatic carbocycles. The Kier molecular flexibility index (Phi) is 8.32. The minimum Gasteiger partial charge on any atom is -0.463 e. The molecule has 1 N–H and O–H groups in total. The summed E-state index contributed by atoms with van der Waals surface area (Å²) in [5.41, 5.74) is 0. The summed E-state index contributed by atoms with van der Waals surface area (Å²) in [7, 11) is 0. The van der Waals surface area contributed by atoms with Crippen LogP contribution in [-0.4, -0.2) is 29.1 Å². The van der Waals surface area contributed by atoms with E-state index < -0.39 is 6.10 Å². The number of carbonyl (C=O) groups excluding carboxylic acids is 2. The van der Waals surface area contributed by atoms with E-state index in [9.17, 15) is 9.59 Å². The standard InChI is InChI=1S/C13H22O4/c1-4-11(14)9-12(15)7-5-6-8-13(16)17-10(2)3/h4,10-11,14H,1,5-9H2,2-3H3. The number of carbonyl (C=O) groups is 2. The zero-order valence-electron chi connectivity index (χ0n) is 10.6. The lowest BCUT2D eigenvalue weighted by Crippen LogP contribution is -2.12. The minimum absolute atomic E-state index is 0.00498. The van der Waals surface area contributed by atoms with Gasteiger partial charge in [-0.3, -0.25) is 9.59 Å². The van der Waals surface area contributed by atoms with Crippen molar-refractivity contribution in [3.63, 3.8) is 0 Å². The van der Waals surface area contributed by atoms with Gasteiger partial charge in [0.25, 0.3) is 0 Å². The second-order valence-electron chi connectivity index (χ2n) is 4.29. The number of rotatable bonds is 9. The normalized spacial score (nSPS) is 12.2. The Morgan fingerprint density at radius 3 is 2.41 bits per heavy atom. The summed E-state index contributed by atoms with van der Waals surface area (Å²) in [4.78, 5) is 22.5. The molecule has 0 saturated heterocycles. The topological polar surface area (TPSA) is 63.6 Å². The average Bonchev–Trinajstić information content (AvgIpc) is 2.23. The second kappa shape index (κ2) is 8.93. The first-order valence-electron chi connectivity index (χ1n) is 5.97. The SMILES string of the molecule is C=CC(O)CC(=O)CCCCC(=O)OC(C)C. The van der Waals surface area contributed by atoms with E-state index in [-0.39, 0.29) is 24.3 Å². The van der Waals surface area contributed by atoms with Gasteiger partial charge in [0.15, 0.2) is 0 Å². The summed E-state index contributed by atoms with van der Waals surface area (Å²) in [6.45, 7) is 7.00. The molecule has 0 aromatic carbocycles. The van der Waals surface area contributed by atoms with Gasteiger partial charge < -0.3 is 9.84 Å². The summed E-state index contributed by atoms with van der Waals surface area (Å²) < 4.78 is 4.96. The molecule has 0 radical (unpaired) electrons. The molecule has 0 aliphatic heterocycles. The van der Waals surface area contributed by atoms with Crippen molar-refractivity contribution in [3.05, 3.63) is 12.7 Å². The van der Waals surface area contributed by atoms with Crippen molar-refractivity contribution in [1.82, 2.24) is 0 Å². The fraction of sp³-hybridized carbons (Fsp3) is 0.692. The second-order valence-corrected chi connectivity index (χ2v) is 4.29. The van der Waals surface area contributed by atoms with Crippen molar-refractivity contribution < 1.29 is 19.4 Å². The van der Waals surface area contributed by atoms with Crippen LogP contribution in [0.15, 0.2) is 12.7 Å². The molecular formula is C13H22O4. The van der Waals surface area contributed by atoms with Gasteiger partial charge >= 0.3 is 5.97 Å². The van der Waals surface area contributed by atoms with E-state index in [2.05, 4.69) is 6.58 Å². The Morgan fingerprint density at radius 1 is 1.29 bits per heavy atom. The number of aliphatic hydroxyl groups excluding tert-OH is 1. The Balaban J connectivity index is 3.54. The molecule has 0 heterocycles. The number of esters is 1. The van der Waals surface area contributed by atoms with E-state index in [0.717, 1.165) is 0 Å². The molecule has 0 rings (SSSR count). The molecule has 4 heteroatoms. The van der Waals surface area contributed by atoms with Crippen LogP contribution in [0.3, 0.4) is 0 Å². The molecule has 0 bridgehead atoms. The quantitative estimate of drug-likeness (QED) is 0.381. The third kappa shape index (κ3) is 9.75. The number of ketones is 1. The van der Waals surface area contributed by atoms with Crippen LogP contribution >= 0.6 is 0 Å². The molecule has 0 spiro atoms. The molecule has 0 aromatic rings. The monoisotopic (exact) mass is 242 g/mol. The van der Waals surface area contributed by atoms with E-state index in [1.807, 2.05) is 0 Å². The van der Waals surface area contributed by atoms with Crippen LogP contribution in [0.2, 0.25) is 0 Å². The number of hydrogen-bond acceptors (Lipinski definition) is 4. The summed E-state index contributed by atoms with van der Waals surface area (Å²) in [5.74, 6) is -0.229. The molecule has 0 aromatic heterocycles. The lowest BCUT2D eigenvalue weighted by molar-refractivity contribution is -0.147. The number of hydrogen-bond donors (Lipinski definition) is 1. The third-order valence-corrected chi connectivity index (χ3v) is 2.16. The lowest BCUT2D eigenvalue weighted by atomic mass is 10.1. The predicted octanol–water partition coefficient (Wildman–Crippen LogP) is 2.00. The van der Waals surface area contributed by atoms with Gasteiger partial charge in [0.1, 0.15) is 5.78 Å². The van der Waals surface area contributed by atoms with Gasteiger partial charge in [0.05, 0.1) is 12.2 Å². The van der Waals surface area contributed by atoms with Crippen molar-refractivity contribution >= 4 is 11.8 Å². The highest BCUT2D eigenvalue weighted by Crippen LogP contribution is 2.06. The molecule has 1 atom stereocenters. The Labute approximate surface area is 103 Å². The molecule has 1 unspecified atom stereocenters. The molecule has 0 saturated carbocycles. The fourth-order valence-corrected chi connectivity index (χ4v) is 1.33. The van der Waals surface area contributed by atoms with Gasteiger partial charge in [-0.15, -0.1) is 6.58 Å². The smallest absolute Gasteiger partial charge is 0.306 e. The molecule has 98 valence electrons. The molecule has 0 fully saturated rings. The fourth-order valence-electron chi connectivity index (χ4n) is 1.33. The maximum absolute atomic E-state index is 11.3. The first-order chi connectivity index (χ1) is 7.95. The summed E-state index contributed by atoms with van der Waals surface area (Å²) >= 11 is 0. The van der Waals surface area contributed by atoms with E-state index in [1.54, 1.807) is 13.8 Å². The van der Waals surface area contributed by atoms with Crippen LogP contribution in [0, 0.1) is 0 Å². The molecule has 0 aliphatic rings. The van der Waals surface area contributed by atoms with Crippen molar-refractivity contribution in [1.29, 1.82) is 0 Å². The number of ether oxygens (including phenoxy) is 1. The zero-order chi connectivity index (χ0) is 13.3. The van der Waals surface area contributed by atoms with Crippen LogP contribution in [0.5, 0.6) is 0 Å². The molecule has 4 nitrogen and oxygen atoms in total. The van der Waals surface area contributed by atoms with Crippen LogP contribution in [0.1, 0.15) is 46.0 Å². The summed E-state index contributed by atoms with van der Waals surface area (Å²) in [5, 5.41) is 9.16. The van der Waals surface area contributed by atoms with Crippen LogP contribution in [-0.2, 0) is 14.3 Å². The predicted molar refractivity (Wildman–Crippen MR) is 65.5 cm³/mol. The number of unbranched alkanes of at least 4 members (excludes halogenated alkanes) is 1. The number of aliphatic hydroxyl groups is 1. The first kappa shape index (κ1) is 15.8. The maximum Gasteiger partial charge on any atom is 0.306 e. The number of Topliss-reactive ketones (excluding diaryl/α,β-unsaturated/α-hetero) is 1. The highest BCUT2D eigenvalue weighted by atomic mass is 16.5. The zero-order valence-corrected chi connectivity index (χ0v) is 10.6. The molecule has 0 amide bonds. The van der Waals surface area contributed by atoms with Gasteiger partial charge in [-0.1, -0.05) is 6.08 Å². The van der Waals surface area contributed by atoms with E-state index in [0.29, 0.717) is 25.7 Å². The summed E-state index contributed by atoms with van der Waals surface area (Å²) in [6.07, 6.45) is 2.63. The van der Waals surface area contributed by atoms with Gasteiger partial charge in [0, 0.05) is 19.3 Å². The molecular weight excluding hydrogens is 220 g/mol. The van der Waals surface area contributed by atoms with Crippen LogP contribution in [0.4, 0.5) is 0 Å². The van der Waals surface area contributed by atoms with Gasteiger partial charge in [0.2, 0.25) is 0 Å². The largest absolute Gasteiger partial charge is 0.463 e. The molecule has 17 heavy (non-hydrogen) atoms. The highest BCUT2D eigenvalue weighted by Gasteiger charge is 2.09. The van der Waals surface area contributed by atoms with Crippen molar-refractivity contribution in [2.45, 2.75) is 58.2 Å². The van der Waals surface area contributed by atoms with Gasteiger partial charge in [-0.2, -0.15) is 0 Å². The lowest BCUT2D eigenvalue weighted by Gasteiger charge is -2.07. The van der Waals surface area contributed by atoms with Crippen molar-refractivity contribution in [3.8, 4) is 0 Å². The average molecular weight is 242 g/mol. The van der Waals surface area contributed by atoms with Gasteiger partial charge in [-0.05, 0) is 26.7 Å². The minimum atomic E-state index is -0.756. The Morgan fingerprint density at radius 2 is 1.88 bits per heavy atom. The van der Waals surface area contributed by atoms with Crippen LogP contribution in [0.25, 0.3) is 0 Å². The van der Waals surface area contributed by atoms with E-state index in [1.165, 1.54) is 6.08 Å². The van der Waals surface area contributed by atoms with Crippen molar-refractivity contribution in [2.24, 2.45) is 0 Å². The van der Waals surface area contributed by atoms with Crippen molar-refractivity contribution in [2.75, 3.05) is 0 Å². The maximum atomic E-state index is 11.3. The van der Waals surface area contributed by atoms with Gasteiger partial charge in [-0.25, -0.2) is 0 Å². The highest BCUT2D eigenvalue weighted by molar-refractivity contribution is 5.79.